The van der Waals surface area contributed by atoms with Gasteiger partial charge in [0.2, 0.25) is 0 Å². The van der Waals surface area contributed by atoms with Crippen LogP contribution < -0.4 is 4.90 Å². The van der Waals surface area contributed by atoms with Crippen LogP contribution in [0, 0.1) is 29.6 Å². The van der Waals surface area contributed by atoms with E-state index in [4.69, 9.17) is 0 Å². The molecule has 0 fully saturated rings. The molecule has 0 saturated carbocycles. The Hall–Kier alpha value is -9.36. The minimum atomic E-state index is 0.456. The molecular weight excluding hydrogens is 817 g/mol. The number of aryl methyl sites for hydroxylation is 1. The van der Waals surface area contributed by atoms with Gasteiger partial charge in [0.1, 0.15) is 12.1 Å². The van der Waals surface area contributed by atoms with Gasteiger partial charge in [-0.3, -0.25) is 0 Å². The number of fused-ring (bicyclic) bond motifs is 12. The fraction of sp³-hybridized carbons (Fsp3) is 0.0164. The highest BCUT2D eigenvalue weighted by Crippen LogP contribution is 2.45. The van der Waals surface area contributed by atoms with Crippen molar-refractivity contribution < 1.29 is 0 Å². The summed E-state index contributed by atoms with van der Waals surface area (Å²) >= 11 is 0. The van der Waals surface area contributed by atoms with Crippen molar-refractivity contribution in [1.29, 1.82) is 10.5 Å². The number of anilines is 3. The van der Waals surface area contributed by atoms with Gasteiger partial charge in [0, 0.05) is 55.1 Å². The van der Waals surface area contributed by atoms with E-state index in [9.17, 15) is 10.5 Å². The van der Waals surface area contributed by atoms with E-state index in [1.807, 2.05) is 30.3 Å². The lowest BCUT2D eigenvalue weighted by molar-refractivity contribution is 1.12. The van der Waals surface area contributed by atoms with Crippen LogP contribution in [0.5, 0.6) is 0 Å². The third kappa shape index (κ3) is 5.67. The highest BCUT2D eigenvalue weighted by molar-refractivity contribution is 6.24. The maximum atomic E-state index is 11.3. The second-order valence-corrected chi connectivity index (χ2v) is 17.2. The Morgan fingerprint density at radius 2 is 0.881 bits per heavy atom. The number of aromatic nitrogens is 3. The topological polar surface area (TPSA) is 65.6 Å². The van der Waals surface area contributed by atoms with Crippen molar-refractivity contribution in [2.24, 2.45) is 0 Å². The lowest BCUT2D eigenvalue weighted by Crippen LogP contribution is -2.09. The first-order chi connectivity index (χ1) is 33.1. The molecule has 0 atom stereocenters. The average Bonchev–Trinajstić information content (AvgIpc) is 4.03. The van der Waals surface area contributed by atoms with Gasteiger partial charge in [-0.25, -0.2) is 0 Å². The molecule has 13 aromatic rings. The van der Waals surface area contributed by atoms with Crippen LogP contribution >= 0.6 is 0 Å². The van der Waals surface area contributed by atoms with Crippen molar-refractivity contribution in [2.45, 2.75) is 6.92 Å². The van der Waals surface area contributed by atoms with Crippen molar-refractivity contribution in [3.8, 4) is 29.2 Å². The first-order valence-electron chi connectivity index (χ1n) is 22.5. The van der Waals surface area contributed by atoms with Crippen molar-refractivity contribution in [3.63, 3.8) is 0 Å². The Bertz CT molecular complexity index is 4240. The van der Waals surface area contributed by atoms with Crippen LogP contribution in [-0.2, 0) is 0 Å². The van der Waals surface area contributed by atoms with Crippen LogP contribution in [0.3, 0.4) is 0 Å². The minimum Gasteiger partial charge on any atom is -0.310 e. The molecule has 0 bridgehead atoms. The Balaban J connectivity index is 1.10. The summed E-state index contributed by atoms with van der Waals surface area (Å²) in [5.41, 5.74) is 13.5. The molecule has 0 aliphatic rings. The molecule has 0 unspecified atom stereocenters. The molecule has 0 saturated heterocycles. The Morgan fingerprint density at radius 1 is 0.373 bits per heavy atom. The summed E-state index contributed by atoms with van der Waals surface area (Å²) < 4.78 is 6.73. The summed E-state index contributed by atoms with van der Waals surface area (Å²) in [6, 6.07) is 79.3. The van der Waals surface area contributed by atoms with Crippen molar-refractivity contribution >= 4 is 93.3 Å². The Morgan fingerprint density at radius 3 is 1.55 bits per heavy atom. The van der Waals surface area contributed by atoms with Gasteiger partial charge in [0.25, 0.3) is 0 Å². The molecule has 6 heteroatoms. The molecule has 0 radical (unpaired) electrons. The standard InChI is InChI=1S/C61H38N6/c1-39-24-27-45(28-25-39)64(43-15-4-2-5-16-43)46-29-33-55-52(36-46)59-47-19-9-8-14-40(47)26-32-56(59)66(55)57-34-42(38-63)58(35-41(57)37-62)67-54-23-13-11-21-49(54)51-31-30-50-48-20-10-12-22-53(48)65(60(50)61(51)67)44-17-6-3-7-18-44/h2-36H,1H3. The first kappa shape index (κ1) is 38.1. The van der Waals surface area contributed by atoms with Gasteiger partial charge in [0.15, 0.2) is 0 Å². The van der Waals surface area contributed by atoms with E-state index in [1.165, 1.54) is 5.56 Å². The molecule has 0 N–H and O–H groups in total. The predicted molar refractivity (Wildman–Crippen MR) is 276 cm³/mol. The molecule has 67 heavy (non-hydrogen) atoms. The Labute approximate surface area is 385 Å². The van der Waals surface area contributed by atoms with Gasteiger partial charge in [0.05, 0.1) is 55.6 Å². The second-order valence-electron chi connectivity index (χ2n) is 17.2. The molecule has 0 amide bonds. The summed E-state index contributed by atoms with van der Waals surface area (Å²) in [4.78, 5) is 2.29. The van der Waals surface area contributed by atoms with Gasteiger partial charge in [-0.1, -0.05) is 133 Å². The third-order valence-electron chi connectivity index (χ3n) is 13.5. The number of benzene rings is 10. The zero-order valence-corrected chi connectivity index (χ0v) is 36.4. The normalized spacial score (nSPS) is 11.6. The van der Waals surface area contributed by atoms with Crippen LogP contribution in [0.4, 0.5) is 17.1 Å². The maximum Gasteiger partial charge on any atom is 0.101 e. The van der Waals surface area contributed by atoms with E-state index in [1.54, 1.807) is 0 Å². The Kier molecular flexibility index (Phi) is 8.45. The lowest BCUT2D eigenvalue weighted by Gasteiger charge is -2.25. The lowest BCUT2D eigenvalue weighted by atomic mass is 10.0. The smallest absolute Gasteiger partial charge is 0.101 e. The second kappa shape index (κ2) is 14.9. The number of hydrogen-bond acceptors (Lipinski definition) is 3. The third-order valence-corrected chi connectivity index (χ3v) is 13.5. The number of nitriles is 2. The summed E-state index contributed by atoms with van der Waals surface area (Å²) in [6.45, 7) is 2.11. The SMILES string of the molecule is Cc1ccc(N(c2ccccc2)c2ccc3c(c2)c2c4ccccc4ccc2n3-c2cc(C#N)c(-n3c4ccccc4c4ccc5c6ccccc6n(-c6ccccc6)c5c43)cc2C#N)cc1. The van der Waals surface area contributed by atoms with Gasteiger partial charge in [-0.2, -0.15) is 10.5 Å². The summed E-state index contributed by atoms with van der Waals surface area (Å²) in [5, 5.41) is 31.4. The number of para-hydroxylation sites is 4. The summed E-state index contributed by atoms with van der Waals surface area (Å²) in [5.74, 6) is 0. The van der Waals surface area contributed by atoms with Crippen LogP contribution in [0.15, 0.2) is 212 Å². The van der Waals surface area contributed by atoms with E-state index in [0.717, 1.165) is 98.9 Å². The quantitative estimate of drug-likeness (QED) is 0.167. The van der Waals surface area contributed by atoms with E-state index in [-0.39, 0.29) is 0 Å². The molecule has 3 heterocycles. The molecular formula is C61H38N6. The van der Waals surface area contributed by atoms with Crippen molar-refractivity contribution in [1.82, 2.24) is 13.7 Å². The largest absolute Gasteiger partial charge is 0.310 e. The van der Waals surface area contributed by atoms with E-state index >= 15 is 0 Å². The summed E-state index contributed by atoms with van der Waals surface area (Å²) in [7, 11) is 0. The van der Waals surface area contributed by atoms with E-state index in [0.29, 0.717) is 22.5 Å². The maximum absolute atomic E-state index is 11.3. The van der Waals surface area contributed by atoms with Gasteiger partial charge in [-0.15, -0.1) is 0 Å². The van der Waals surface area contributed by atoms with Crippen molar-refractivity contribution in [2.75, 3.05) is 4.90 Å². The van der Waals surface area contributed by atoms with Gasteiger partial charge in [-0.05, 0) is 103 Å². The zero-order valence-electron chi connectivity index (χ0n) is 36.4. The predicted octanol–water partition coefficient (Wildman–Crippen LogP) is 15.7. The van der Waals surface area contributed by atoms with E-state index < -0.39 is 0 Å². The molecule has 3 aromatic heterocycles. The van der Waals surface area contributed by atoms with Crippen molar-refractivity contribution in [3.05, 3.63) is 229 Å². The van der Waals surface area contributed by atoms with E-state index in [2.05, 4.69) is 220 Å². The molecule has 0 aliphatic carbocycles. The summed E-state index contributed by atoms with van der Waals surface area (Å²) in [6.07, 6.45) is 0. The zero-order chi connectivity index (χ0) is 44.8. The fourth-order valence-corrected chi connectivity index (χ4v) is 10.6. The first-order valence-corrected chi connectivity index (χ1v) is 22.5. The van der Waals surface area contributed by atoms with Crippen LogP contribution in [0.25, 0.3) is 93.3 Å². The van der Waals surface area contributed by atoms with Crippen LogP contribution in [0.1, 0.15) is 16.7 Å². The highest BCUT2D eigenvalue weighted by atomic mass is 15.1. The minimum absolute atomic E-state index is 0.456. The van der Waals surface area contributed by atoms with Gasteiger partial charge < -0.3 is 18.6 Å². The number of rotatable bonds is 6. The molecule has 10 aromatic carbocycles. The van der Waals surface area contributed by atoms with Crippen LogP contribution in [0.2, 0.25) is 0 Å². The van der Waals surface area contributed by atoms with Crippen LogP contribution in [-0.4, -0.2) is 13.7 Å². The number of nitrogens with zero attached hydrogens (tertiary/aromatic N) is 6. The fourth-order valence-electron chi connectivity index (χ4n) is 10.6. The monoisotopic (exact) mass is 854 g/mol. The van der Waals surface area contributed by atoms with Gasteiger partial charge >= 0.3 is 0 Å². The highest BCUT2D eigenvalue weighted by Gasteiger charge is 2.25. The average molecular weight is 855 g/mol. The molecule has 0 aliphatic heterocycles. The number of hydrogen-bond donors (Lipinski definition) is 0. The molecule has 0 spiro atoms. The molecule has 13 rings (SSSR count). The molecule has 312 valence electrons. The molecule has 6 nitrogen and oxygen atoms in total.